The van der Waals surface area contributed by atoms with Crippen LogP contribution in [0.2, 0.25) is 0 Å². The number of halogens is 1. The summed E-state index contributed by atoms with van der Waals surface area (Å²) < 4.78 is 63.5. The molecule has 0 aliphatic heterocycles. The summed E-state index contributed by atoms with van der Waals surface area (Å²) in [6.07, 6.45) is 0. The van der Waals surface area contributed by atoms with E-state index in [1.54, 1.807) is 6.92 Å². The third kappa shape index (κ3) is 3.89. The lowest BCUT2D eigenvalue weighted by Crippen LogP contribution is -2.14. The molecule has 0 amide bonds. The quantitative estimate of drug-likeness (QED) is 0.892. The van der Waals surface area contributed by atoms with Crippen molar-refractivity contribution in [2.45, 2.75) is 23.6 Å². The van der Waals surface area contributed by atoms with Gasteiger partial charge in [-0.15, -0.1) is 0 Å². The molecule has 0 fully saturated rings. The lowest BCUT2D eigenvalue weighted by Gasteiger charge is -2.11. The smallest absolute Gasteiger partial charge is 0.261 e. The Balaban J connectivity index is 2.33. The van der Waals surface area contributed by atoms with E-state index < -0.39 is 25.7 Å². The summed E-state index contributed by atoms with van der Waals surface area (Å²) in [6, 6.07) is 8.66. The Morgan fingerprint density at radius 1 is 0.957 bits per heavy atom. The van der Waals surface area contributed by atoms with Crippen LogP contribution >= 0.6 is 0 Å². The van der Waals surface area contributed by atoms with E-state index in [4.69, 9.17) is 0 Å². The molecular weight excluding hydrogens is 341 g/mol. The largest absolute Gasteiger partial charge is 0.279 e. The fraction of sp³-hybridized carbons (Fsp3) is 0.200. The molecule has 23 heavy (non-hydrogen) atoms. The van der Waals surface area contributed by atoms with Gasteiger partial charge in [0.25, 0.3) is 10.0 Å². The molecule has 2 aromatic rings. The molecule has 2 aromatic carbocycles. The summed E-state index contributed by atoms with van der Waals surface area (Å²) in [6.45, 7) is 3.09. The second kappa shape index (κ2) is 6.29. The maximum absolute atomic E-state index is 13.1. The monoisotopic (exact) mass is 357 g/mol. The number of aryl methyl sites for hydroxylation is 1. The highest BCUT2D eigenvalue weighted by Crippen LogP contribution is 2.21. The van der Waals surface area contributed by atoms with Crippen molar-refractivity contribution in [3.63, 3.8) is 0 Å². The van der Waals surface area contributed by atoms with Gasteiger partial charge in [-0.3, -0.25) is 4.72 Å². The number of benzene rings is 2. The Morgan fingerprint density at radius 3 is 2.04 bits per heavy atom. The van der Waals surface area contributed by atoms with Crippen LogP contribution in [0.15, 0.2) is 52.3 Å². The van der Waals surface area contributed by atoms with Crippen LogP contribution in [0.25, 0.3) is 0 Å². The van der Waals surface area contributed by atoms with E-state index in [0.717, 1.165) is 6.07 Å². The van der Waals surface area contributed by atoms with Gasteiger partial charge in [0.1, 0.15) is 5.82 Å². The van der Waals surface area contributed by atoms with Gasteiger partial charge in [0.2, 0.25) is 0 Å². The Morgan fingerprint density at radius 2 is 1.52 bits per heavy atom. The van der Waals surface area contributed by atoms with Crippen LogP contribution in [0.3, 0.4) is 0 Å². The molecule has 124 valence electrons. The van der Waals surface area contributed by atoms with Gasteiger partial charge in [-0.2, -0.15) is 0 Å². The van der Waals surface area contributed by atoms with E-state index >= 15 is 0 Å². The van der Waals surface area contributed by atoms with Crippen LogP contribution in [0.5, 0.6) is 0 Å². The summed E-state index contributed by atoms with van der Waals surface area (Å²) in [5.41, 5.74) is 0.704. The molecule has 5 nitrogen and oxygen atoms in total. The molecule has 0 atom stereocenters. The van der Waals surface area contributed by atoms with Crippen LogP contribution in [0, 0.1) is 12.7 Å². The topological polar surface area (TPSA) is 80.3 Å². The number of hydrogen-bond acceptors (Lipinski definition) is 4. The molecule has 0 bridgehead atoms. The maximum atomic E-state index is 13.1. The summed E-state index contributed by atoms with van der Waals surface area (Å²) in [5, 5.41) is 0. The van der Waals surface area contributed by atoms with E-state index in [1.807, 2.05) is 0 Å². The van der Waals surface area contributed by atoms with Crippen LogP contribution < -0.4 is 4.72 Å². The molecule has 0 saturated heterocycles. The van der Waals surface area contributed by atoms with Crippen molar-refractivity contribution in [2.75, 3.05) is 10.5 Å². The molecule has 0 heterocycles. The van der Waals surface area contributed by atoms with Crippen molar-refractivity contribution in [1.82, 2.24) is 0 Å². The maximum Gasteiger partial charge on any atom is 0.261 e. The molecule has 0 aliphatic rings. The summed E-state index contributed by atoms with van der Waals surface area (Å²) >= 11 is 0. The van der Waals surface area contributed by atoms with E-state index in [-0.39, 0.29) is 21.2 Å². The zero-order valence-electron chi connectivity index (χ0n) is 12.6. The Kier molecular flexibility index (Phi) is 4.76. The molecule has 0 radical (unpaired) electrons. The zero-order chi connectivity index (χ0) is 17.3. The fourth-order valence-corrected chi connectivity index (χ4v) is 3.95. The van der Waals surface area contributed by atoms with Crippen LogP contribution in [-0.2, 0) is 19.9 Å². The predicted molar refractivity (Wildman–Crippen MR) is 86.1 cm³/mol. The minimum Gasteiger partial charge on any atom is -0.279 e. The van der Waals surface area contributed by atoms with Crippen LogP contribution in [-0.4, -0.2) is 22.6 Å². The molecule has 0 saturated carbocycles. The summed E-state index contributed by atoms with van der Waals surface area (Å²) in [5.74, 6) is -0.522. The highest BCUT2D eigenvalue weighted by atomic mass is 32.2. The number of sulfone groups is 1. The lowest BCUT2D eigenvalue weighted by atomic mass is 10.2. The van der Waals surface area contributed by atoms with Gasteiger partial charge in [-0.05, 0) is 55.0 Å². The average Bonchev–Trinajstić information content (AvgIpc) is 2.50. The van der Waals surface area contributed by atoms with Gasteiger partial charge in [0.05, 0.1) is 21.2 Å². The van der Waals surface area contributed by atoms with E-state index in [2.05, 4.69) is 4.72 Å². The first-order valence-corrected chi connectivity index (χ1v) is 9.91. The van der Waals surface area contributed by atoms with Gasteiger partial charge in [0, 0.05) is 0 Å². The second-order valence-corrected chi connectivity index (χ2v) is 8.90. The first-order chi connectivity index (χ1) is 10.7. The third-order valence-electron chi connectivity index (χ3n) is 3.31. The van der Waals surface area contributed by atoms with Gasteiger partial charge in [-0.1, -0.05) is 6.92 Å². The minimum absolute atomic E-state index is 0.0634. The number of anilines is 1. The highest BCUT2D eigenvalue weighted by molar-refractivity contribution is 7.92. The van der Waals surface area contributed by atoms with Gasteiger partial charge in [0.15, 0.2) is 9.84 Å². The minimum atomic E-state index is -3.88. The van der Waals surface area contributed by atoms with Crippen molar-refractivity contribution < 1.29 is 21.2 Å². The van der Waals surface area contributed by atoms with Gasteiger partial charge < -0.3 is 0 Å². The molecule has 2 rings (SSSR count). The Labute approximate surface area is 135 Å². The van der Waals surface area contributed by atoms with Crippen molar-refractivity contribution in [3.05, 3.63) is 53.8 Å². The molecule has 0 unspecified atom stereocenters. The lowest BCUT2D eigenvalue weighted by molar-refractivity contribution is 0.595. The standard InChI is InChI=1S/C15H16FNO4S2/c1-3-22(18,19)13-5-7-14(8-6-13)23(20,21)17-15-9-4-12(16)10-11(15)2/h4-10,17H,3H2,1-2H3. The predicted octanol–water partition coefficient (Wildman–Crippen LogP) is 2.73. The van der Waals surface area contributed by atoms with Crippen LogP contribution in [0.4, 0.5) is 10.1 Å². The molecule has 1 N–H and O–H groups in total. The zero-order valence-corrected chi connectivity index (χ0v) is 14.2. The average molecular weight is 357 g/mol. The molecular formula is C15H16FNO4S2. The number of nitrogens with one attached hydrogen (secondary N) is 1. The van der Waals surface area contributed by atoms with E-state index in [0.29, 0.717) is 5.56 Å². The Bertz CT molecular complexity index is 920. The second-order valence-electron chi connectivity index (χ2n) is 4.94. The fourth-order valence-electron chi connectivity index (χ4n) is 1.94. The van der Waals surface area contributed by atoms with Crippen molar-refractivity contribution in [2.24, 2.45) is 0 Å². The van der Waals surface area contributed by atoms with Gasteiger partial charge in [-0.25, -0.2) is 21.2 Å². The summed E-state index contributed by atoms with van der Waals surface area (Å²) in [7, 11) is -7.27. The first kappa shape index (κ1) is 17.4. The van der Waals surface area contributed by atoms with Gasteiger partial charge >= 0.3 is 0 Å². The third-order valence-corrected chi connectivity index (χ3v) is 6.44. The van der Waals surface area contributed by atoms with Crippen molar-refractivity contribution in [1.29, 1.82) is 0 Å². The number of rotatable bonds is 5. The van der Waals surface area contributed by atoms with E-state index in [9.17, 15) is 21.2 Å². The molecule has 0 aliphatic carbocycles. The van der Waals surface area contributed by atoms with Crippen molar-refractivity contribution in [3.8, 4) is 0 Å². The molecule has 0 spiro atoms. The summed E-state index contributed by atoms with van der Waals surface area (Å²) in [4.78, 5) is -0.00630. The number of sulfonamides is 1. The number of hydrogen-bond donors (Lipinski definition) is 1. The first-order valence-electron chi connectivity index (χ1n) is 6.77. The highest BCUT2D eigenvalue weighted by Gasteiger charge is 2.17. The molecule has 8 heteroatoms. The normalized spacial score (nSPS) is 12.1. The van der Waals surface area contributed by atoms with Crippen LogP contribution in [0.1, 0.15) is 12.5 Å². The molecule has 0 aromatic heterocycles. The van der Waals surface area contributed by atoms with Crippen molar-refractivity contribution >= 4 is 25.5 Å². The SMILES string of the molecule is CCS(=O)(=O)c1ccc(S(=O)(=O)Nc2ccc(F)cc2C)cc1. The Hall–Kier alpha value is -1.93. The van der Waals surface area contributed by atoms with E-state index in [1.165, 1.54) is 43.3 Å².